The Morgan fingerprint density at radius 1 is 1.22 bits per heavy atom. The summed E-state index contributed by atoms with van der Waals surface area (Å²) in [7, 11) is 1.95. The summed E-state index contributed by atoms with van der Waals surface area (Å²) in [5.74, 6) is 1.32. The molecule has 0 bridgehead atoms. The van der Waals surface area contributed by atoms with E-state index in [9.17, 15) is 0 Å². The van der Waals surface area contributed by atoms with Gasteiger partial charge in [-0.2, -0.15) is 10.1 Å². The van der Waals surface area contributed by atoms with Gasteiger partial charge in [0.15, 0.2) is 0 Å². The van der Waals surface area contributed by atoms with Gasteiger partial charge < -0.3 is 10.6 Å². The van der Waals surface area contributed by atoms with Crippen LogP contribution in [0, 0.1) is 0 Å². The number of rotatable bonds is 3. The molecule has 4 rings (SSSR count). The van der Waals surface area contributed by atoms with Gasteiger partial charge in [-0.25, -0.2) is 4.98 Å². The predicted molar refractivity (Wildman–Crippen MR) is 92.5 cm³/mol. The number of anilines is 2. The molecular weight excluding hydrogens is 310 g/mol. The Morgan fingerprint density at radius 3 is 2.78 bits per heavy atom. The van der Waals surface area contributed by atoms with Gasteiger partial charge in [-0.15, -0.1) is 11.3 Å². The van der Waals surface area contributed by atoms with Gasteiger partial charge in [0.1, 0.15) is 10.6 Å². The van der Waals surface area contributed by atoms with Crippen LogP contribution in [0.2, 0.25) is 0 Å². The van der Waals surface area contributed by atoms with Crippen molar-refractivity contribution in [2.75, 3.05) is 36.8 Å². The molecule has 1 saturated heterocycles. The first-order chi connectivity index (χ1) is 11.2. The monoisotopic (exact) mass is 329 g/mol. The Bertz CT molecular complexity index is 816. The Kier molecular flexibility index (Phi) is 3.62. The van der Waals surface area contributed by atoms with Crippen molar-refractivity contribution in [3.05, 3.63) is 29.4 Å². The van der Waals surface area contributed by atoms with E-state index >= 15 is 0 Å². The molecule has 7 nitrogen and oxygen atoms in total. The van der Waals surface area contributed by atoms with Crippen LogP contribution in [0.15, 0.2) is 23.8 Å². The van der Waals surface area contributed by atoms with Crippen LogP contribution in [0.3, 0.4) is 0 Å². The van der Waals surface area contributed by atoms with Crippen LogP contribution in [0.25, 0.3) is 10.2 Å². The largest absolute Gasteiger partial charge is 0.383 e. The zero-order chi connectivity index (χ0) is 15.8. The first-order valence-electron chi connectivity index (χ1n) is 7.64. The smallest absolute Gasteiger partial charge is 0.228 e. The minimum Gasteiger partial charge on any atom is -0.383 e. The van der Waals surface area contributed by atoms with Crippen molar-refractivity contribution in [2.24, 2.45) is 7.05 Å². The number of fused-ring (bicyclic) bond motifs is 1. The SMILES string of the molecule is Cn1cc(CN2CCN(c3nc(N)c4ccsc4n3)CC2)cn1. The second-order valence-corrected chi connectivity index (χ2v) is 6.73. The van der Waals surface area contributed by atoms with Gasteiger partial charge >= 0.3 is 0 Å². The second kappa shape index (κ2) is 5.78. The molecule has 0 atom stereocenters. The van der Waals surface area contributed by atoms with E-state index in [-0.39, 0.29) is 0 Å². The van der Waals surface area contributed by atoms with E-state index in [0.29, 0.717) is 5.82 Å². The molecular formula is C15H19N7S. The van der Waals surface area contributed by atoms with Crippen molar-refractivity contribution in [2.45, 2.75) is 6.54 Å². The van der Waals surface area contributed by atoms with E-state index in [1.54, 1.807) is 11.3 Å². The lowest BCUT2D eigenvalue weighted by atomic mass is 10.2. The van der Waals surface area contributed by atoms with Crippen molar-refractivity contribution in [1.29, 1.82) is 0 Å². The lowest BCUT2D eigenvalue weighted by molar-refractivity contribution is 0.249. The van der Waals surface area contributed by atoms with Crippen LogP contribution in [-0.2, 0) is 13.6 Å². The van der Waals surface area contributed by atoms with Crippen molar-refractivity contribution >= 4 is 33.3 Å². The Morgan fingerprint density at radius 2 is 2.04 bits per heavy atom. The fraction of sp³-hybridized carbons (Fsp3) is 0.400. The van der Waals surface area contributed by atoms with Gasteiger partial charge in [0.2, 0.25) is 5.95 Å². The zero-order valence-electron chi connectivity index (χ0n) is 13.0. The molecule has 0 aromatic carbocycles. The molecule has 0 aliphatic carbocycles. The third kappa shape index (κ3) is 2.87. The highest BCUT2D eigenvalue weighted by Crippen LogP contribution is 2.26. The molecule has 3 aromatic rings. The Labute approximate surface area is 138 Å². The number of piperazine rings is 1. The lowest BCUT2D eigenvalue weighted by Crippen LogP contribution is -2.46. The Balaban J connectivity index is 1.44. The first-order valence-corrected chi connectivity index (χ1v) is 8.52. The number of thiophene rings is 1. The van der Waals surface area contributed by atoms with E-state index in [1.807, 2.05) is 29.4 Å². The average Bonchev–Trinajstić information content (AvgIpc) is 3.17. The fourth-order valence-corrected chi connectivity index (χ4v) is 3.69. The number of nitrogens with zero attached hydrogens (tertiary/aromatic N) is 6. The molecule has 23 heavy (non-hydrogen) atoms. The second-order valence-electron chi connectivity index (χ2n) is 5.83. The summed E-state index contributed by atoms with van der Waals surface area (Å²) >= 11 is 1.61. The number of hydrogen-bond acceptors (Lipinski definition) is 7. The fourth-order valence-electron chi connectivity index (χ4n) is 2.93. The topological polar surface area (TPSA) is 76.1 Å². The summed E-state index contributed by atoms with van der Waals surface area (Å²) in [6, 6.07) is 1.98. The summed E-state index contributed by atoms with van der Waals surface area (Å²) < 4.78 is 1.85. The van der Waals surface area contributed by atoms with E-state index in [2.05, 4.69) is 31.1 Å². The van der Waals surface area contributed by atoms with Crippen LogP contribution in [-0.4, -0.2) is 50.8 Å². The molecule has 0 radical (unpaired) electrons. The summed E-state index contributed by atoms with van der Waals surface area (Å²) in [6.45, 7) is 4.74. The number of aryl methyl sites for hydroxylation is 1. The van der Waals surface area contributed by atoms with Crippen LogP contribution in [0.4, 0.5) is 11.8 Å². The highest BCUT2D eigenvalue weighted by molar-refractivity contribution is 7.16. The van der Waals surface area contributed by atoms with Gasteiger partial charge in [0.05, 0.1) is 11.6 Å². The quantitative estimate of drug-likeness (QED) is 0.781. The maximum Gasteiger partial charge on any atom is 0.228 e. The summed E-state index contributed by atoms with van der Waals surface area (Å²) in [5.41, 5.74) is 7.30. The van der Waals surface area contributed by atoms with Gasteiger partial charge in [0.25, 0.3) is 0 Å². The van der Waals surface area contributed by atoms with E-state index < -0.39 is 0 Å². The molecule has 1 fully saturated rings. The van der Waals surface area contributed by atoms with E-state index in [0.717, 1.165) is 48.9 Å². The predicted octanol–water partition coefficient (Wildman–Crippen LogP) is 1.33. The highest BCUT2D eigenvalue weighted by atomic mass is 32.1. The maximum atomic E-state index is 6.05. The summed E-state index contributed by atoms with van der Waals surface area (Å²) in [5, 5.41) is 7.18. The Hall–Kier alpha value is -2.19. The molecule has 4 heterocycles. The van der Waals surface area contributed by atoms with Crippen LogP contribution >= 0.6 is 11.3 Å². The van der Waals surface area contributed by atoms with E-state index in [4.69, 9.17) is 5.73 Å². The molecule has 1 aliphatic rings. The molecule has 0 saturated carbocycles. The lowest BCUT2D eigenvalue weighted by Gasteiger charge is -2.34. The van der Waals surface area contributed by atoms with Crippen LogP contribution < -0.4 is 10.6 Å². The van der Waals surface area contributed by atoms with Crippen LogP contribution in [0.5, 0.6) is 0 Å². The summed E-state index contributed by atoms with van der Waals surface area (Å²) in [4.78, 5) is 14.7. The minimum atomic E-state index is 0.573. The molecule has 1 aliphatic heterocycles. The third-order valence-corrected chi connectivity index (χ3v) is 4.97. The van der Waals surface area contributed by atoms with Crippen molar-refractivity contribution in [1.82, 2.24) is 24.6 Å². The first kappa shape index (κ1) is 14.4. The molecule has 0 unspecified atom stereocenters. The number of nitrogen functional groups attached to an aromatic ring is 1. The van der Waals surface area contributed by atoms with Crippen LogP contribution in [0.1, 0.15) is 5.56 Å². The average molecular weight is 329 g/mol. The molecule has 8 heteroatoms. The van der Waals surface area contributed by atoms with Gasteiger partial charge in [-0.3, -0.25) is 9.58 Å². The van der Waals surface area contributed by atoms with Gasteiger partial charge in [-0.05, 0) is 11.4 Å². The number of aromatic nitrogens is 4. The van der Waals surface area contributed by atoms with Gasteiger partial charge in [-0.1, -0.05) is 0 Å². The molecule has 120 valence electrons. The van der Waals surface area contributed by atoms with Crippen molar-refractivity contribution < 1.29 is 0 Å². The standard InChI is InChI=1S/C15H19N7S/c1-20-9-11(8-17-20)10-21-3-5-22(6-4-21)15-18-13(16)12-2-7-23-14(12)19-15/h2,7-9H,3-6,10H2,1H3,(H2,16,18,19). The number of nitrogens with two attached hydrogens (primary N) is 1. The highest BCUT2D eigenvalue weighted by Gasteiger charge is 2.20. The minimum absolute atomic E-state index is 0.573. The van der Waals surface area contributed by atoms with Crippen molar-refractivity contribution in [3.63, 3.8) is 0 Å². The number of hydrogen-bond donors (Lipinski definition) is 1. The van der Waals surface area contributed by atoms with Crippen molar-refractivity contribution in [3.8, 4) is 0 Å². The molecule has 3 aromatic heterocycles. The molecule has 0 spiro atoms. The van der Waals surface area contributed by atoms with E-state index in [1.165, 1.54) is 5.56 Å². The zero-order valence-corrected chi connectivity index (χ0v) is 13.8. The maximum absolute atomic E-state index is 6.05. The summed E-state index contributed by atoms with van der Waals surface area (Å²) in [6.07, 6.45) is 4.00. The molecule has 2 N–H and O–H groups in total. The molecule has 0 amide bonds. The third-order valence-electron chi connectivity index (χ3n) is 4.16. The van der Waals surface area contributed by atoms with Gasteiger partial charge in [0, 0.05) is 51.5 Å². The normalized spacial score (nSPS) is 16.3.